The fraction of sp³-hybridized carbons (Fsp3) is 0.0870. The highest BCUT2D eigenvalue weighted by molar-refractivity contribution is 5.91. The highest BCUT2D eigenvalue weighted by Crippen LogP contribution is 2.30. The zero-order valence-corrected chi connectivity index (χ0v) is 16.2. The SMILES string of the molecule is O=C(Oc1ccc(/C=N\NC(=O)[C@H]2COc3ccccc3O2)cc1)c1cccc(F)c1. The van der Waals surface area contributed by atoms with Crippen LogP contribution in [0, 0.1) is 5.82 Å². The Morgan fingerprint density at radius 3 is 2.58 bits per heavy atom. The number of hydrogen-bond donors (Lipinski definition) is 1. The standard InChI is InChI=1S/C23H17FN2O5/c24-17-5-3-4-16(12-17)23(28)30-18-10-8-15(9-11-18)13-25-26-22(27)21-14-29-19-6-1-2-7-20(19)31-21/h1-13,21H,14H2,(H,26,27)/b25-13-/t21-/m1/s1. The Bertz CT molecular complexity index is 1130. The number of nitrogens with zero attached hydrogens (tertiary/aromatic N) is 1. The van der Waals surface area contributed by atoms with Gasteiger partial charge in [-0.05, 0) is 60.2 Å². The molecule has 1 heterocycles. The summed E-state index contributed by atoms with van der Waals surface area (Å²) in [5.41, 5.74) is 3.19. The first kappa shape index (κ1) is 20.1. The summed E-state index contributed by atoms with van der Waals surface area (Å²) in [7, 11) is 0. The molecule has 7 nitrogen and oxygen atoms in total. The van der Waals surface area contributed by atoms with Crippen molar-refractivity contribution in [2.24, 2.45) is 5.10 Å². The number of rotatable bonds is 5. The van der Waals surface area contributed by atoms with Crippen molar-refractivity contribution < 1.29 is 28.2 Å². The Morgan fingerprint density at radius 1 is 1.03 bits per heavy atom. The molecule has 1 N–H and O–H groups in total. The number of nitrogens with one attached hydrogen (secondary N) is 1. The largest absolute Gasteiger partial charge is 0.485 e. The van der Waals surface area contributed by atoms with Crippen molar-refractivity contribution in [3.63, 3.8) is 0 Å². The van der Waals surface area contributed by atoms with E-state index in [1.54, 1.807) is 42.5 Å². The van der Waals surface area contributed by atoms with Crippen molar-refractivity contribution in [2.75, 3.05) is 6.61 Å². The molecule has 0 radical (unpaired) electrons. The van der Waals surface area contributed by atoms with Gasteiger partial charge in [-0.3, -0.25) is 4.79 Å². The molecular formula is C23H17FN2O5. The molecule has 3 aromatic carbocycles. The van der Waals surface area contributed by atoms with E-state index in [0.29, 0.717) is 22.8 Å². The molecule has 0 bridgehead atoms. The van der Waals surface area contributed by atoms with Crippen LogP contribution >= 0.6 is 0 Å². The van der Waals surface area contributed by atoms with Crippen molar-refractivity contribution in [3.05, 3.63) is 89.7 Å². The lowest BCUT2D eigenvalue weighted by molar-refractivity contribution is -0.130. The van der Waals surface area contributed by atoms with Crippen molar-refractivity contribution in [1.29, 1.82) is 0 Å². The Kier molecular flexibility index (Phi) is 5.89. The third-order valence-corrected chi connectivity index (χ3v) is 4.34. The van der Waals surface area contributed by atoms with E-state index in [2.05, 4.69) is 10.5 Å². The molecule has 1 amide bonds. The van der Waals surface area contributed by atoms with Gasteiger partial charge in [-0.2, -0.15) is 5.10 Å². The van der Waals surface area contributed by atoms with E-state index in [-0.39, 0.29) is 12.2 Å². The van der Waals surface area contributed by atoms with Crippen LogP contribution in [-0.2, 0) is 4.79 Å². The number of amides is 1. The lowest BCUT2D eigenvalue weighted by atomic mass is 10.2. The van der Waals surface area contributed by atoms with Crippen molar-refractivity contribution in [2.45, 2.75) is 6.10 Å². The number of fused-ring (bicyclic) bond motifs is 1. The number of carbonyl (C=O) groups is 2. The van der Waals surface area contributed by atoms with E-state index >= 15 is 0 Å². The van der Waals surface area contributed by atoms with Crippen LogP contribution in [0.5, 0.6) is 17.2 Å². The maximum atomic E-state index is 13.2. The normalized spacial score (nSPS) is 14.8. The maximum Gasteiger partial charge on any atom is 0.343 e. The van der Waals surface area contributed by atoms with E-state index in [9.17, 15) is 14.0 Å². The summed E-state index contributed by atoms with van der Waals surface area (Å²) >= 11 is 0. The van der Waals surface area contributed by atoms with Gasteiger partial charge in [-0.1, -0.05) is 18.2 Å². The van der Waals surface area contributed by atoms with Gasteiger partial charge < -0.3 is 14.2 Å². The third-order valence-electron chi connectivity index (χ3n) is 4.34. The summed E-state index contributed by atoms with van der Waals surface area (Å²) in [6.07, 6.45) is 0.630. The number of para-hydroxylation sites is 2. The molecule has 0 spiro atoms. The number of esters is 1. The summed E-state index contributed by atoms with van der Waals surface area (Å²) in [6.45, 7) is 0.0870. The number of hydrogen-bond acceptors (Lipinski definition) is 6. The monoisotopic (exact) mass is 420 g/mol. The van der Waals surface area contributed by atoms with Crippen LogP contribution in [0.25, 0.3) is 0 Å². The predicted molar refractivity (Wildman–Crippen MR) is 110 cm³/mol. The van der Waals surface area contributed by atoms with Crippen LogP contribution in [-0.4, -0.2) is 30.8 Å². The first-order valence-electron chi connectivity index (χ1n) is 9.38. The molecule has 0 saturated carbocycles. The zero-order valence-electron chi connectivity index (χ0n) is 16.2. The highest BCUT2D eigenvalue weighted by Gasteiger charge is 2.26. The average Bonchev–Trinajstić information content (AvgIpc) is 2.80. The predicted octanol–water partition coefficient (Wildman–Crippen LogP) is 3.34. The molecule has 1 aliphatic rings. The van der Waals surface area contributed by atoms with Crippen molar-refractivity contribution in [3.8, 4) is 17.2 Å². The molecule has 31 heavy (non-hydrogen) atoms. The molecule has 0 aliphatic carbocycles. The van der Waals surface area contributed by atoms with Gasteiger partial charge in [0.05, 0.1) is 11.8 Å². The van der Waals surface area contributed by atoms with E-state index < -0.39 is 23.8 Å². The molecule has 0 aromatic heterocycles. The molecule has 0 unspecified atom stereocenters. The number of ether oxygens (including phenoxy) is 3. The molecule has 0 fully saturated rings. The van der Waals surface area contributed by atoms with Gasteiger partial charge in [-0.25, -0.2) is 14.6 Å². The number of halogens is 1. The molecule has 4 rings (SSSR count). The fourth-order valence-electron chi connectivity index (χ4n) is 2.79. The minimum atomic E-state index is -0.809. The smallest absolute Gasteiger partial charge is 0.343 e. The molecule has 1 atom stereocenters. The van der Waals surface area contributed by atoms with E-state index in [4.69, 9.17) is 14.2 Å². The Hall–Kier alpha value is -4.20. The van der Waals surface area contributed by atoms with Crippen LogP contribution in [0.3, 0.4) is 0 Å². The third kappa shape index (κ3) is 5.05. The van der Waals surface area contributed by atoms with Gasteiger partial charge in [0, 0.05) is 0 Å². The van der Waals surface area contributed by atoms with Crippen LogP contribution in [0.1, 0.15) is 15.9 Å². The molecule has 0 saturated heterocycles. The molecule has 3 aromatic rings. The van der Waals surface area contributed by atoms with E-state index in [1.807, 2.05) is 6.07 Å². The molecule has 1 aliphatic heterocycles. The average molecular weight is 420 g/mol. The number of benzene rings is 3. The van der Waals surface area contributed by atoms with Crippen molar-refractivity contribution >= 4 is 18.1 Å². The number of hydrazone groups is 1. The second-order valence-electron chi connectivity index (χ2n) is 6.57. The first-order valence-corrected chi connectivity index (χ1v) is 9.38. The minimum absolute atomic E-state index is 0.0870. The van der Waals surface area contributed by atoms with Crippen LogP contribution in [0.4, 0.5) is 4.39 Å². The summed E-state index contributed by atoms with van der Waals surface area (Å²) in [6, 6.07) is 18.8. The lowest BCUT2D eigenvalue weighted by Crippen LogP contribution is -2.42. The van der Waals surface area contributed by atoms with Gasteiger partial charge in [0.1, 0.15) is 18.2 Å². The van der Waals surface area contributed by atoms with E-state index in [1.165, 1.54) is 24.4 Å². The number of carbonyl (C=O) groups excluding carboxylic acids is 2. The summed E-state index contributed by atoms with van der Waals surface area (Å²) in [5.74, 6) is -0.232. The van der Waals surface area contributed by atoms with Crippen LogP contribution in [0.15, 0.2) is 77.9 Å². The summed E-state index contributed by atoms with van der Waals surface area (Å²) in [4.78, 5) is 24.3. The van der Waals surface area contributed by atoms with Gasteiger partial charge in [0.2, 0.25) is 6.10 Å². The maximum absolute atomic E-state index is 13.2. The topological polar surface area (TPSA) is 86.2 Å². The second-order valence-corrected chi connectivity index (χ2v) is 6.57. The minimum Gasteiger partial charge on any atom is -0.485 e. The first-order chi connectivity index (χ1) is 15.1. The molecular weight excluding hydrogens is 403 g/mol. The van der Waals surface area contributed by atoms with Crippen LogP contribution in [0.2, 0.25) is 0 Å². The zero-order chi connectivity index (χ0) is 21.6. The Morgan fingerprint density at radius 2 is 1.81 bits per heavy atom. The molecule has 156 valence electrons. The summed E-state index contributed by atoms with van der Waals surface area (Å²) < 4.78 is 29.5. The summed E-state index contributed by atoms with van der Waals surface area (Å²) in [5, 5.41) is 3.91. The van der Waals surface area contributed by atoms with Gasteiger partial charge in [0.25, 0.3) is 5.91 Å². The van der Waals surface area contributed by atoms with E-state index in [0.717, 1.165) is 6.07 Å². The fourth-order valence-corrected chi connectivity index (χ4v) is 2.79. The highest BCUT2D eigenvalue weighted by atomic mass is 19.1. The van der Waals surface area contributed by atoms with Gasteiger partial charge in [0.15, 0.2) is 11.5 Å². The Balaban J connectivity index is 1.30. The lowest BCUT2D eigenvalue weighted by Gasteiger charge is -2.24. The van der Waals surface area contributed by atoms with Gasteiger partial charge >= 0.3 is 5.97 Å². The Labute approximate surface area is 177 Å². The van der Waals surface area contributed by atoms with Gasteiger partial charge in [-0.15, -0.1) is 0 Å². The second kappa shape index (κ2) is 9.08. The quantitative estimate of drug-likeness (QED) is 0.296. The molecule has 8 heteroatoms. The van der Waals surface area contributed by atoms with Crippen molar-refractivity contribution in [1.82, 2.24) is 5.43 Å². The van der Waals surface area contributed by atoms with Crippen LogP contribution < -0.4 is 19.6 Å².